The highest BCUT2D eigenvalue weighted by atomic mass is 16.5. The Kier molecular flexibility index (Phi) is 2.19. The molecule has 0 unspecified atom stereocenters. The molecule has 0 fully saturated rings. The summed E-state index contributed by atoms with van der Waals surface area (Å²) in [5.41, 5.74) is -0.365. The van der Waals surface area contributed by atoms with Gasteiger partial charge in [-0.1, -0.05) is 0 Å². The SMILES string of the molecule is COC(C)(C)c1nnc(C)n1C. The Hall–Kier alpha value is -0.900. The maximum absolute atomic E-state index is 5.29. The van der Waals surface area contributed by atoms with E-state index in [9.17, 15) is 0 Å². The fraction of sp³-hybridized carbons (Fsp3) is 0.750. The van der Waals surface area contributed by atoms with E-state index in [2.05, 4.69) is 10.2 Å². The van der Waals surface area contributed by atoms with Gasteiger partial charge in [0.15, 0.2) is 5.82 Å². The number of methoxy groups -OCH3 is 1. The van der Waals surface area contributed by atoms with Crippen LogP contribution in [0, 0.1) is 6.92 Å². The predicted molar refractivity (Wildman–Crippen MR) is 45.8 cm³/mol. The summed E-state index contributed by atoms with van der Waals surface area (Å²) in [4.78, 5) is 0. The summed E-state index contributed by atoms with van der Waals surface area (Å²) in [6, 6.07) is 0. The summed E-state index contributed by atoms with van der Waals surface area (Å²) in [7, 11) is 3.61. The van der Waals surface area contributed by atoms with Crippen LogP contribution in [0.4, 0.5) is 0 Å². The molecule has 0 amide bonds. The highest BCUT2D eigenvalue weighted by molar-refractivity contribution is 5.01. The third-order valence-corrected chi connectivity index (χ3v) is 2.14. The van der Waals surface area contributed by atoms with Crippen LogP contribution in [0.15, 0.2) is 0 Å². The van der Waals surface area contributed by atoms with Gasteiger partial charge in [-0.3, -0.25) is 0 Å². The maximum atomic E-state index is 5.29. The number of hydrogen-bond acceptors (Lipinski definition) is 3. The summed E-state index contributed by atoms with van der Waals surface area (Å²) in [6.45, 7) is 5.86. The van der Waals surface area contributed by atoms with Crippen molar-refractivity contribution in [3.8, 4) is 0 Å². The van der Waals surface area contributed by atoms with Gasteiger partial charge in [0.1, 0.15) is 11.4 Å². The van der Waals surface area contributed by atoms with E-state index in [1.807, 2.05) is 32.4 Å². The second-order valence-electron chi connectivity index (χ2n) is 3.34. The van der Waals surface area contributed by atoms with Crippen LogP contribution in [0.25, 0.3) is 0 Å². The smallest absolute Gasteiger partial charge is 0.164 e. The Morgan fingerprint density at radius 3 is 2.25 bits per heavy atom. The fourth-order valence-electron chi connectivity index (χ4n) is 1.02. The summed E-state index contributed by atoms with van der Waals surface area (Å²) < 4.78 is 7.23. The standard InChI is InChI=1S/C8H15N3O/c1-6-9-10-7(11(6)4)8(2,3)12-5/h1-5H3. The van der Waals surface area contributed by atoms with Crippen molar-refractivity contribution in [2.24, 2.45) is 7.05 Å². The van der Waals surface area contributed by atoms with Gasteiger partial charge in [0.25, 0.3) is 0 Å². The molecular weight excluding hydrogens is 154 g/mol. The van der Waals surface area contributed by atoms with Crippen molar-refractivity contribution in [2.45, 2.75) is 26.4 Å². The van der Waals surface area contributed by atoms with Crippen molar-refractivity contribution in [3.63, 3.8) is 0 Å². The lowest BCUT2D eigenvalue weighted by molar-refractivity contribution is 0.00887. The molecule has 1 aromatic rings. The molecule has 0 atom stereocenters. The second kappa shape index (κ2) is 2.86. The minimum Gasteiger partial charge on any atom is -0.371 e. The predicted octanol–water partition coefficient (Wildman–Crippen LogP) is 1.01. The molecule has 12 heavy (non-hydrogen) atoms. The quantitative estimate of drug-likeness (QED) is 0.663. The molecule has 4 nitrogen and oxygen atoms in total. The molecule has 0 aliphatic carbocycles. The molecule has 0 aliphatic heterocycles. The second-order valence-corrected chi connectivity index (χ2v) is 3.34. The van der Waals surface area contributed by atoms with Crippen molar-refractivity contribution < 1.29 is 4.74 Å². The van der Waals surface area contributed by atoms with E-state index in [-0.39, 0.29) is 5.60 Å². The van der Waals surface area contributed by atoms with Gasteiger partial charge >= 0.3 is 0 Å². The lowest BCUT2D eigenvalue weighted by atomic mass is 10.1. The van der Waals surface area contributed by atoms with E-state index >= 15 is 0 Å². The first-order valence-corrected chi connectivity index (χ1v) is 3.90. The highest BCUT2D eigenvalue weighted by Gasteiger charge is 2.25. The van der Waals surface area contributed by atoms with Crippen molar-refractivity contribution in [1.29, 1.82) is 0 Å². The summed E-state index contributed by atoms with van der Waals surface area (Å²) >= 11 is 0. The number of rotatable bonds is 2. The Morgan fingerprint density at radius 1 is 1.33 bits per heavy atom. The van der Waals surface area contributed by atoms with Crippen LogP contribution >= 0.6 is 0 Å². The third-order valence-electron chi connectivity index (χ3n) is 2.14. The van der Waals surface area contributed by atoms with E-state index in [1.165, 1.54) is 0 Å². The van der Waals surface area contributed by atoms with Gasteiger partial charge in [-0.15, -0.1) is 10.2 Å². The van der Waals surface area contributed by atoms with Crippen LogP contribution < -0.4 is 0 Å². The molecule has 0 N–H and O–H groups in total. The van der Waals surface area contributed by atoms with Crippen LogP contribution in [0.5, 0.6) is 0 Å². The number of aryl methyl sites for hydroxylation is 1. The zero-order valence-corrected chi connectivity index (χ0v) is 8.25. The van der Waals surface area contributed by atoms with Gasteiger partial charge < -0.3 is 9.30 Å². The van der Waals surface area contributed by atoms with Crippen molar-refractivity contribution in [1.82, 2.24) is 14.8 Å². The highest BCUT2D eigenvalue weighted by Crippen LogP contribution is 2.21. The van der Waals surface area contributed by atoms with Gasteiger partial charge in [0.2, 0.25) is 0 Å². The maximum Gasteiger partial charge on any atom is 0.164 e. The van der Waals surface area contributed by atoms with Crippen LogP contribution in [-0.4, -0.2) is 21.9 Å². The van der Waals surface area contributed by atoms with E-state index in [4.69, 9.17) is 4.74 Å². The average molecular weight is 169 g/mol. The normalized spacial score (nSPS) is 12.1. The lowest BCUT2D eigenvalue weighted by Gasteiger charge is -2.21. The first kappa shape index (κ1) is 9.19. The molecule has 68 valence electrons. The largest absolute Gasteiger partial charge is 0.371 e. The van der Waals surface area contributed by atoms with E-state index in [1.54, 1.807) is 7.11 Å². The van der Waals surface area contributed by atoms with Crippen molar-refractivity contribution >= 4 is 0 Å². The molecule has 0 saturated carbocycles. The number of aromatic nitrogens is 3. The van der Waals surface area contributed by atoms with Crippen molar-refractivity contribution in [3.05, 3.63) is 11.6 Å². The monoisotopic (exact) mass is 169 g/mol. The third kappa shape index (κ3) is 1.34. The van der Waals surface area contributed by atoms with Gasteiger partial charge in [0.05, 0.1) is 0 Å². The van der Waals surface area contributed by atoms with Crippen LogP contribution in [0.3, 0.4) is 0 Å². The molecule has 0 aromatic carbocycles. The summed E-state index contributed by atoms with van der Waals surface area (Å²) in [5, 5.41) is 8.01. The first-order chi connectivity index (χ1) is 5.49. The van der Waals surface area contributed by atoms with E-state index < -0.39 is 0 Å². The molecule has 1 aromatic heterocycles. The number of ether oxygens (including phenoxy) is 1. The molecular formula is C8H15N3O. The summed E-state index contributed by atoms with van der Waals surface area (Å²) in [6.07, 6.45) is 0. The van der Waals surface area contributed by atoms with E-state index in [0.29, 0.717) is 0 Å². The number of hydrogen-bond donors (Lipinski definition) is 0. The number of nitrogens with zero attached hydrogens (tertiary/aromatic N) is 3. The topological polar surface area (TPSA) is 39.9 Å². The minimum absolute atomic E-state index is 0.365. The van der Waals surface area contributed by atoms with Crippen LogP contribution in [0.2, 0.25) is 0 Å². The Bertz CT molecular complexity index is 278. The molecule has 0 aliphatic rings. The van der Waals surface area contributed by atoms with Gasteiger partial charge in [-0.25, -0.2) is 0 Å². The van der Waals surface area contributed by atoms with Gasteiger partial charge in [0, 0.05) is 14.2 Å². The minimum atomic E-state index is -0.365. The molecule has 1 heterocycles. The Labute approximate surface area is 72.6 Å². The zero-order valence-electron chi connectivity index (χ0n) is 8.25. The summed E-state index contributed by atoms with van der Waals surface area (Å²) in [5.74, 6) is 1.75. The lowest BCUT2D eigenvalue weighted by Crippen LogP contribution is -2.24. The molecule has 0 saturated heterocycles. The van der Waals surface area contributed by atoms with Gasteiger partial charge in [-0.05, 0) is 20.8 Å². The average Bonchev–Trinajstić information content (AvgIpc) is 2.33. The molecule has 0 radical (unpaired) electrons. The Balaban J connectivity index is 3.11. The molecule has 4 heteroatoms. The molecule has 1 rings (SSSR count). The van der Waals surface area contributed by atoms with Crippen LogP contribution in [-0.2, 0) is 17.4 Å². The molecule has 0 spiro atoms. The fourth-order valence-corrected chi connectivity index (χ4v) is 1.02. The Morgan fingerprint density at radius 2 is 1.92 bits per heavy atom. The molecule has 0 bridgehead atoms. The zero-order chi connectivity index (χ0) is 9.35. The van der Waals surface area contributed by atoms with E-state index in [0.717, 1.165) is 11.6 Å². The van der Waals surface area contributed by atoms with Crippen LogP contribution in [0.1, 0.15) is 25.5 Å². The first-order valence-electron chi connectivity index (χ1n) is 3.90. The van der Waals surface area contributed by atoms with Gasteiger partial charge in [-0.2, -0.15) is 0 Å². The van der Waals surface area contributed by atoms with Crippen molar-refractivity contribution in [2.75, 3.05) is 7.11 Å².